The molecule has 0 spiro atoms. The summed E-state index contributed by atoms with van der Waals surface area (Å²) < 4.78 is 16.2. The van der Waals surface area contributed by atoms with Gasteiger partial charge in [-0.3, -0.25) is 4.79 Å². The summed E-state index contributed by atoms with van der Waals surface area (Å²) >= 11 is 0. The molecule has 0 saturated carbocycles. The van der Waals surface area contributed by atoms with Gasteiger partial charge in [-0.25, -0.2) is 0 Å². The summed E-state index contributed by atoms with van der Waals surface area (Å²) in [6.45, 7) is 0.478. The second kappa shape index (κ2) is 8.56. The molecule has 0 aromatic heterocycles. The first-order valence-electron chi connectivity index (χ1n) is 8.84. The number of methoxy groups -OCH3 is 1. The normalized spacial score (nSPS) is 13.0. The van der Waals surface area contributed by atoms with Gasteiger partial charge in [-0.05, 0) is 79.6 Å². The highest BCUT2D eigenvalue weighted by atomic mass is 16.5. The van der Waals surface area contributed by atoms with Crippen molar-refractivity contribution in [1.82, 2.24) is 0 Å². The number of hydrogen-bond acceptors (Lipinski definition) is 4. The maximum Gasteiger partial charge on any atom is 0.311 e. The quantitative estimate of drug-likeness (QED) is 0.427. The molecule has 3 rings (SSSR count). The predicted octanol–water partition coefficient (Wildman–Crippen LogP) is 4.34. The molecule has 1 aliphatic carbocycles. The number of hydrogen-bond donors (Lipinski definition) is 0. The minimum atomic E-state index is -0.214. The summed E-state index contributed by atoms with van der Waals surface area (Å²) in [7, 11) is 1.63. The number of benzene rings is 2. The van der Waals surface area contributed by atoms with Gasteiger partial charge in [-0.1, -0.05) is 6.07 Å². The fraction of sp³-hybridized carbons (Fsp3) is 0.381. The lowest BCUT2D eigenvalue weighted by Gasteiger charge is -2.16. The van der Waals surface area contributed by atoms with E-state index in [2.05, 4.69) is 6.07 Å². The Hall–Kier alpha value is -2.49. The van der Waals surface area contributed by atoms with Crippen LogP contribution in [0.1, 0.15) is 36.8 Å². The molecule has 1 aliphatic rings. The van der Waals surface area contributed by atoms with Crippen molar-refractivity contribution in [3.05, 3.63) is 53.6 Å². The molecular weight excluding hydrogens is 316 g/mol. The van der Waals surface area contributed by atoms with Gasteiger partial charge in [-0.2, -0.15) is 0 Å². The standard InChI is InChI=1S/C21H24O4/c1-23-18-10-12-19(13-11-18)24-14-4-7-21(22)25-20-9-8-16-5-2-3-6-17(16)15-20/h8-13,15H,2-7,14H2,1H3. The van der Waals surface area contributed by atoms with Gasteiger partial charge in [0.25, 0.3) is 0 Å². The van der Waals surface area contributed by atoms with E-state index in [1.54, 1.807) is 7.11 Å². The van der Waals surface area contributed by atoms with Crippen LogP contribution in [0.3, 0.4) is 0 Å². The van der Waals surface area contributed by atoms with E-state index in [0.717, 1.165) is 24.3 Å². The maximum absolute atomic E-state index is 12.0. The molecule has 0 unspecified atom stereocenters. The Kier molecular flexibility index (Phi) is 5.94. The van der Waals surface area contributed by atoms with Crippen molar-refractivity contribution in [2.75, 3.05) is 13.7 Å². The molecule has 0 heterocycles. The molecule has 2 aromatic carbocycles. The Morgan fingerprint density at radius 2 is 1.60 bits per heavy atom. The van der Waals surface area contributed by atoms with Crippen LogP contribution in [0.5, 0.6) is 17.2 Å². The van der Waals surface area contributed by atoms with E-state index in [0.29, 0.717) is 25.2 Å². The van der Waals surface area contributed by atoms with Gasteiger partial charge in [0, 0.05) is 6.42 Å². The molecule has 2 aromatic rings. The molecule has 0 aliphatic heterocycles. The zero-order chi connectivity index (χ0) is 17.5. The lowest BCUT2D eigenvalue weighted by atomic mass is 9.92. The molecule has 132 valence electrons. The first kappa shape index (κ1) is 17.3. The molecule has 0 atom stereocenters. The summed E-state index contributed by atoms with van der Waals surface area (Å²) in [4.78, 5) is 12.0. The predicted molar refractivity (Wildman–Crippen MR) is 96.4 cm³/mol. The van der Waals surface area contributed by atoms with Gasteiger partial charge in [0.05, 0.1) is 13.7 Å². The first-order valence-corrected chi connectivity index (χ1v) is 8.84. The SMILES string of the molecule is COc1ccc(OCCCC(=O)Oc2ccc3c(c2)CCCC3)cc1. The second-order valence-corrected chi connectivity index (χ2v) is 6.24. The van der Waals surface area contributed by atoms with Gasteiger partial charge >= 0.3 is 5.97 Å². The van der Waals surface area contributed by atoms with Crippen LogP contribution in [0, 0.1) is 0 Å². The summed E-state index contributed by atoms with van der Waals surface area (Å²) in [5, 5.41) is 0. The minimum absolute atomic E-state index is 0.214. The molecule has 0 radical (unpaired) electrons. The summed E-state index contributed by atoms with van der Waals surface area (Å²) in [5.74, 6) is 2.00. The Balaban J connectivity index is 1.40. The summed E-state index contributed by atoms with van der Waals surface area (Å²) in [6, 6.07) is 13.4. The Labute approximate surface area is 148 Å². The number of carbonyl (C=O) groups excluding carboxylic acids is 1. The van der Waals surface area contributed by atoms with Crippen molar-refractivity contribution in [3.63, 3.8) is 0 Å². The molecule has 4 heteroatoms. The van der Waals surface area contributed by atoms with Crippen LogP contribution in [0.2, 0.25) is 0 Å². The largest absolute Gasteiger partial charge is 0.497 e. The van der Waals surface area contributed by atoms with Gasteiger partial charge in [0.2, 0.25) is 0 Å². The summed E-state index contributed by atoms with van der Waals surface area (Å²) in [5.41, 5.74) is 2.71. The first-order chi connectivity index (χ1) is 12.2. The van der Waals surface area contributed by atoms with Crippen LogP contribution in [0.25, 0.3) is 0 Å². The Morgan fingerprint density at radius 1 is 0.920 bits per heavy atom. The fourth-order valence-corrected chi connectivity index (χ4v) is 3.03. The third-order valence-corrected chi connectivity index (χ3v) is 4.41. The topological polar surface area (TPSA) is 44.8 Å². The van der Waals surface area contributed by atoms with Crippen LogP contribution in [0.4, 0.5) is 0 Å². The molecule has 0 fully saturated rings. The highest BCUT2D eigenvalue weighted by Crippen LogP contribution is 2.25. The van der Waals surface area contributed by atoms with E-state index in [1.807, 2.05) is 36.4 Å². The monoisotopic (exact) mass is 340 g/mol. The van der Waals surface area contributed by atoms with Gasteiger partial charge in [0.1, 0.15) is 17.2 Å². The van der Waals surface area contributed by atoms with Crippen molar-refractivity contribution < 1.29 is 19.0 Å². The smallest absolute Gasteiger partial charge is 0.311 e. The molecule has 0 bridgehead atoms. The van der Waals surface area contributed by atoms with E-state index in [-0.39, 0.29) is 5.97 Å². The lowest BCUT2D eigenvalue weighted by Crippen LogP contribution is -2.11. The number of carbonyl (C=O) groups is 1. The fourth-order valence-electron chi connectivity index (χ4n) is 3.03. The number of ether oxygens (including phenoxy) is 3. The van der Waals surface area contributed by atoms with Crippen molar-refractivity contribution in [1.29, 1.82) is 0 Å². The van der Waals surface area contributed by atoms with E-state index >= 15 is 0 Å². The number of fused-ring (bicyclic) bond motifs is 1. The van der Waals surface area contributed by atoms with E-state index in [4.69, 9.17) is 14.2 Å². The van der Waals surface area contributed by atoms with Gasteiger partial charge in [0.15, 0.2) is 0 Å². The average Bonchev–Trinajstić information content (AvgIpc) is 2.65. The van der Waals surface area contributed by atoms with Crippen LogP contribution < -0.4 is 14.2 Å². The lowest BCUT2D eigenvalue weighted by molar-refractivity contribution is -0.134. The number of aryl methyl sites for hydroxylation is 2. The molecule has 4 nitrogen and oxygen atoms in total. The van der Waals surface area contributed by atoms with E-state index in [9.17, 15) is 4.79 Å². The third-order valence-electron chi connectivity index (χ3n) is 4.41. The van der Waals surface area contributed by atoms with Crippen molar-refractivity contribution in [3.8, 4) is 17.2 Å². The van der Waals surface area contributed by atoms with Crippen LogP contribution in [-0.2, 0) is 17.6 Å². The van der Waals surface area contributed by atoms with E-state index < -0.39 is 0 Å². The molecule has 0 N–H and O–H groups in total. The highest BCUT2D eigenvalue weighted by Gasteiger charge is 2.11. The zero-order valence-electron chi connectivity index (χ0n) is 14.6. The van der Waals surface area contributed by atoms with E-state index in [1.165, 1.54) is 24.0 Å². The highest BCUT2D eigenvalue weighted by molar-refractivity contribution is 5.72. The number of rotatable bonds is 7. The van der Waals surface area contributed by atoms with Crippen molar-refractivity contribution in [2.24, 2.45) is 0 Å². The second-order valence-electron chi connectivity index (χ2n) is 6.24. The van der Waals surface area contributed by atoms with Gasteiger partial charge < -0.3 is 14.2 Å². The van der Waals surface area contributed by atoms with Gasteiger partial charge in [-0.15, -0.1) is 0 Å². The minimum Gasteiger partial charge on any atom is -0.497 e. The molecule has 0 amide bonds. The molecule has 0 saturated heterocycles. The average molecular weight is 340 g/mol. The number of esters is 1. The van der Waals surface area contributed by atoms with Crippen LogP contribution in [-0.4, -0.2) is 19.7 Å². The Bertz CT molecular complexity index is 706. The van der Waals surface area contributed by atoms with Crippen LogP contribution in [0.15, 0.2) is 42.5 Å². The maximum atomic E-state index is 12.0. The third kappa shape index (κ3) is 4.99. The Morgan fingerprint density at radius 3 is 2.36 bits per heavy atom. The van der Waals surface area contributed by atoms with Crippen molar-refractivity contribution in [2.45, 2.75) is 38.5 Å². The zero-order valence-corrected chi connectivity index (χ0v) is 14.6. The van der Waals surface area contributed by atoms with Crippen LogP contribution >= 0.6 is 0 Å². The van der Waals surface area contributed by atoms with Crippen molar-refractivity contribution >= 4 is 5.97 Å². The summed E-state index contributed by atoms with van der Waals surface area (Å²) in [6.07, 6.45) is 5.64. The molecule has 25 heavy (non-hydrogen) atoms. The molecular formula is C21H24O4.